The van der Waals surface area contributed by atoms with Gasteiger partial charge in [-0.15, -0.1) is 0 Å². The molecule has 114 valence electrons. The molecule has 0 unspecified atom stereocenters. The van der Waals surface area contributed by atoms with Gasteiger partial charge in [0.2, 0.25) is 0 Å². The molecule has 0 amide bonds. The van der Waals surface area contributed by atoms with Crippen LogP contribution in [0.5, 0.6) is 0 Å². The summed E-state index contributed by atoms with van der Waals surface area (Å²) >= 11 is 0. The third kappa shape index (κ3) is 4.83. The first-order valence-corrected chi connectivity index (χ1v) is 8.49. The largest absolute Gasteiger partial charge is 0.395 e. The van der Waals surface area contributed by atoms with E-state index in [2.05, 4.69) is 16.6 Å². The van der Waals surface area contributed by atoms with Gasteiger partial charge in [0.05, 0.1) is 6.61 Å². The maximum atomic E-state index is 12.1. The van der Waals surface area contributed by atoms with E-state index in [0.717, 1.165) is 24.0 Å². The summed E-state index contributed by atoms with van der Waals surface area (Å²) in [7, 11) is -3.38. The van der Waals surface area contributed by atoms with Crippen molar-refractivity contribution in [2.75, 3.05) is 19.7 Å². The summed E-state index contributed by atoms with van der Waals surface area (Å²) < 4.78 is 28.2. The molecule has 6 heteroatoms. The Kier molecular flexibility index (Phi) is 5.76. The van der Waals surface area contributed by atoms with E-state index in [1.165, 1.54) is 4.31 Å². The fourth-order valence-electron chi connectivity index (χ4n) is 2.17. The highest BCUT2D eigenvalue weighted by Crippen LogP contribution is 2.12. The highest BCUT2D eigenvalue weighted by molar-refractivity contribution is 7.87. The van der Waals surface area contributed by atoms with Crippen LogP contribution in [0.25, 0.3) is 0 Å². The molecule has 1 aliphatic rings. The van der Waals surface area contributed by atoms with Crippen LogP contribution in [0.4, 0.5) is 0 Å². The fourth-order valence-corrected chi connectivity index (χ4v) is 3.44. The smallest absolute Gasteiger partial charge is 0.279 e. The van der Waals surface area contributed by atoms with Crippen LogP contribution in [0.2, 0.25) is 0 Å². The molecule has 5 nitrogen and oxygen atoms in total. The van der Waals surface area contributed by atoms with E-state index >= 15 is 0 Å². The molecule has 0 atom stereocenters. The lowest BCUT2D eigenvalue weighted by Gasteiger charge is -2.16. The molecule has 2 N–H and O–H groups in total. The summed E-state index contributed by atoms with van der Waals surface area (Å²) in [5.74, 6) is 5.79. The van der Waals surface area contributed by atoms with Crippen LogP contribution in [0.15, 0.2) is 24.3 Å². The Morgan fingerprint density at radius 2 is 2.05 bits per heavy atom. The predicted octanol–water partition coefficient (Wildman–Crippen LogP) is 0.851. The summed E-state index contributed by atoms with van der Waals surface area (Å²) in [5, 5.41) is 8.69. The summed E-state index contributed by atoms with van der Waals surface area (Å²) in [5.41, 5.74) is 1.69. The maximum absolute atomic E-state index is 12.1. The Balaban J connectivity index is 1.97. The third-order valence-electron chi connectivity index (χ3n) is 3.26. The number of nitrogens with one attached hydrogen (secondary N) is 1. The molecule has 21 heavy (non-hydrogen) atoms. The van der Waals surface area contributed by atoms with Gasteiger partial charge in [-0.2, -0.15) is 17.4 Å². The zero-order valence-corrected chi connectivity index (χ0v) is 12.7. The predicted molar refractivity (Wildman–Crippen MR) is 81.6 cm³/mol. The van der Waals surface area contributed by atoms with Gasteiger partial charge in [-0.05, 0) is 30.5 Å². The van der Waals surface area contributed by atoms with E-state index in [4.69, 9.17) is 5.11 Å². The van der Waals surface area contributed by atoms with E-state index in [9.17, 15) is 8.42 Å². The Morgan fingerprint density at radius 1 is 1.29 bits per heavy atom. The van der Waals surface area contributed by atoms with Crippen molar-refractivity contribution in [2.24, 2.45) is 0 Å². The van der Waals surface area contributed by atoms with E-state index in [1.54, 1.807) is 0 Å². The van der Waals surface area contributed by atoms with Gasteiger partial charge in [-0.1, -0.05) is 24.0 Å². The lowest BCUT2D eigenvalue weighted by molar-refractivity contribution is 0.305. The van der Waals surface area contributed by atoms with E-state index < -0.39 is 10.2 Å². The molecule has 1 fully saturated rings. The molecule has 2 rings (SSSR count). The summed E-state index contributed by atoms with van der Waals surface area (Å²) in [6.07, 6.45) is 2.29. The number of rotatable bonds is 5. The summed E-state index contributed by atoms with van der Waals surface area (Å²) in [6, 6.07) is 7.44. The Morgan fingerprint density at radius 3 is 2.76 bits per heavy atom. The minimum absolute atomic E-state index is 0.0440. The number of nitrogens with zero attached hydrogens (tertiary/aromatic N) is 1. The van der Waals surface area contributed by atoms with Gasteiger partial charge in [0.1, 0.15) is 0 Å². The van der Waals surface area contributed by atoms with Crippen LogP contribution in [-0.4, -0.2) is 37.5 Å². The van der Waals surface area contributed by atoms with E-state index in [1.807, 2.05) is 24.3 Å². The molecule has 0 saturated carbocycles. The first-order chi connectivity index (χ1) is 10.1. The van der Waals surface area contributed by atoms with Crippen LogP contribution in [-0.2, 0) is 16.8 Å². The van der Waals surface area contributed by atoms with Gasteiger partial charge >= 0.3 is 0 Å². The van der Waals surface area contributed by atoms with Crippen LogP contribution in [0, 0.1) is 11.8 Å². The topological polar surface area (TPSA) is 69.6 Å². The Hall–Kier alpha value is -1.39. The van der Waals surface area contributed by atoms with Gasteiger partial charge < -0.3 is 5.11 Å². The summed E-state index contributed by atoms with van der Waals surface area (Å²) in [4.78, 5) is 0. The second kappa shape index (κ2) is 7.57. The molecular formula is C15H20N2O3S. The molecule has 1 aliphatic heterocycles. The molecule has 1 aromatic rings. The highest BCUT2D eigenvalue weighted by Gasteiger charge is 2.24. The normalized spacial score (nSPS) is 15.7. The van der Waals surface area contributed by atoms with Crippen molar-refractivity contribution < 1.29 is 13.5 Å². The van der Waals surface area contributed by atoms with Gasteiger partial charge in [-0.3, -0.25) is 0 Å². The minimum atomic E-state index is -3.38. The molecule has 0 aromatic heterocycles. The number of benzene rings is 1. The maximum Gasteiger partial charge on any atom is 0.279 e. The van der Waals surface area contributed by atoms with Crippen molar-refractivity contribution >= 4 is 10.2 Å². The van der Waals surface area contributed by atoms with Crippen molar-refractivity contribution in [3.63, 3.8) is 0 Å². The first-order valence-electron chi connectivity index (χ1n) is 7.05. The molecule has 0 radical (unpaired) electrons. The lowest BCUT2D eigenvalue weighted by atomic mass is 10.1. The fraction of sp³-hybridized carbons (Fsp3) is 0.467. The van der Waals surface area contributed by atoms with E-state index in [0.29, 0.717) is 19.5 Å². The molecule has 1 saturated heterocycles. The SMILES string of the molecule is O=S(=O)(NCc1cccc(C#CCCO)c1)N1CCCC1. The van der Waals surface area contributed by atoms with Gasteiger partial charge in [0.25, 0.3) is 10.2 Å². The zero-order chi connectivity index (χ0) is 15.1. The number of aliphatic hydroxyl groups excluding tert-OH is 1. The molecule has 0 aliphatic carbocycles. The molecule has 0 bridgehead atoms. The Labute approximate surface area is 126 Å². The van der Waals surface area contributed by atoms with Crippen molar-refractivity contribution in [1.29, 1.82) is 0 Å². The van der Waals surface area contributed by atoms with Crippen molar-refractivity contribution in [3.8, 4) is 11.8 Å². The molecule has 0 spiro atoms. The molecule has 1 aromatic carbocycles. The average Bonchev–Trinajstić information content (AvgIpc) is 3.01. The number of hydrogen-bond donors (Lipinski definition) is 2. The zero-order valence-electron chi connectivity index (χ0n) is 11.9. The van der Waals surface area contributed by atoms with E-state index in [-0.39, 0.29) is 13.2 Å². The van der Waals surface area contributed by atoms with Gasteiger partial charge in [0, 0.05) is 31.6 Å². The van der Waals surface area contributed by atoms with Crippen molar-refractivity contribution in [3.05, 3.63) is 35.4 Å². The lowest BCUT2D eigenvalue weighted by Crippen LogP contribution is -2.38. The quantitative estimate of drug-likeness (QED) is 0.792. The van der Waals surface area contributed by atoms with Crippen molar-refractivity contribution in [1.82, 2.24) is 9.03 Å². The minimum Gasteiger partial charge on any atom is -0.395 e. The van der Waals surface area contributed by atoms with Crippen LogP contribution >= 0.6 is 0 Å². The van der Waals surface area contributed by atoms with Crippen molar-refractivity contribution in [2.45, 2.75) is 25.8 Å². The van der Waals surface area contributed by atoms with Crippen LogP contribution in [0.1, 0.15) is 30.4 Å². The monoisotopic (exact) mass is 308 g/mol. The molecular weight excluding hydrogens is 288 g/mol. The Bertz CT molecular complexity index is 626. The standard InChI is InChI=1S/C15H20N2O3S/c18-11-4-1-6-14-7-5-8-15(12-14)13-16-21(19,20)17-9-2-3-10-17/h5,7-8,12,16,18H,2-4,9-11,13H2. The van der Waals surface area contributed by atoms with Gasteiger partial charge in [-0.25, -0.2) is 0 Å². The second-order valence-corrected chi connectivity index (χ2v) is 6.66. The highest BCUT2D eigenvalue weighted by atomic mass is 32.2. The van der Waals surface area contributed by atoms with Gasteiger partial charge in [0.15, 0.2) is 0 Å². The molecule has 1 heterocycles. The second-order valence-electron chi connectivity index (χ2n) is 4.91. The van der Waals surface area contributed by atoms with Crippen LogP contribution < -0.4 is 4.72 Å². The first kappa shape index (κ1) is 16.0. The van der Waals surface area contributed by atoms with Crippen LogP contribution in [0.3, 0.4) is 0 Å². The number of aliphatic hydroxyl groups is 1. The third-order valence-corrected chi connectivity index (χ3v) is 4.81. The number of hydrogen-bond acceptors (Lipinski definition) is 3. The summed E-state index contributed by atoms with van der Waals surface area (Å²) in [6.45, 7) is 1.50. The average molecular weight is 308 g/mol.